The molecule has 6 nitrogen and oxygen atoms in total. The van der Waals surface area contributed by atoms with Gasteiger partial charge < -0.3 is 15.1 Å². The van der Waals surface area contributed by atoms with Gasteiger partial charge in [0.05, 0.1) is 0 Å². The van der Waals surface area contributed by atoms with Gasteiger partial charge in [0.1, 0.15) is 17.5 Å². The van der Waals surface area contributed by atoms with Crippen molar-refractivity contribution in [1.82, 2.24) is 14.9 Å². The van der Waals surface area contributed by atoms with E-state index in [-0.39, 0.29) is 5.91 Å². The Bertz CT molecular complexity index is 1040. The first kappa shape index (κ1) is 19.9. The third kappa shape index (κ3) is 4.43. The number of amides is 1. The van der Waals surface area contributed by atoms with Crippen LogP contribution in [0.5, 0.6) is 0 Å². The second kappa shape index (κ2) is 8.53. The zero-order chi connectivity index (χ0) is 21.1. The number of hydrogen-bond donors (Lipinski definition) is 1. The van der Waals surface area contributed by atoms with E-state index in [1.807, 2.05) is 61.2 Å². The van der Waals surface area contributed by atoms with Gasteiger partial charge in [-0.15, -0.1) is 0 Å². The molecule has 1 amide bonds. The molecule has 30 heavy (non-hydrogen) atoms. The molecule has 2 aromatic carbocycles. The molecule has 1 fully saturated rings. The van der Waals surface area contributed by atoms with Gasteiger partial charge in [-0.3, -0.25) is 4.79 Å². The molecule has 0 unspecified atom stereocenters. The summed E-state index contributed by atoms with van der Waals surface area (Å²) in [6, 6.07) is 18.0. The Morgan fingerprint density at radius 3 is 2.30 bits per heavy atom. The van der Waals surface area contributed by atoms with Crippen LogP contribution in [0, 0.1) is 20.8 Å². The van der Waals surface area contributed by atoms with Crippen molar-refractivity contribution < 1.29 is 4.79 Å². The number of benzene rings is 2. The average Bonchev–Trinajstić information content (AvgIpc) is 2.75. The van der Waals surface area contributed by atoms with Crippen molar-refractivity contribution in [2.45, 2.75) is 20.8 Å². The number of aryl methyl sites for hydroxylation is 3. The van der Waals surface area contributed by atoms with Crippen LogP contribution in [-0.2, 0) is 0 Å². The molecule has 0 bridgehead atoms. The number of hydrogen-bond acceptors (Lipinski definition) is 5. The molecule has 0 spiro atoms. The van der Waals surface area contributed by atoms with Crippen molar-refractivity contribution in [3.63, 3.8) is 0 Å². The van der Waals surface area contributed by atoms with Gasteiger partial charge in [-0.25, -0.2) is 9.97 Å². The predicted octanol–water partition coefficient (Wildman–Crippen LogP) is 4.11. The van der Waals surface area contributed by atoms with Crippen LogP contribution >= 0.6 is 0 Å². The number of carbonyl (C=O) groups excluding carboxylic acids is 1. The molecule has 0 atom stereocenters. The lowest BCUT2D eigenvalue weighted by atomic mass is 10.1. The van der Waals surface area contributed by atoms with Crippen molar-refractivity contribution in [2.75, 3.05) is 36.4 Å². The Morgan fingerprint density at radius 2 is 1.60 bits per heavy atom. The van der Waals surface area contributed by atoms with Crippen LogP contribution in [-0.4, -0.2) is 47.0 Å². The zero-order valence-electron chi connectivity index (χ0n) is 17.7. The minimum Gasteiger partial charge on any atom is -0.353 e. The first-order valence-corrected chi connectivity index (χ1v) is 10.3. The van der Waals surface area contributed by atoms with Crippen LogP contribution in [0.1, 0.15) is 27.3 Å². The predicted molar refractivity (Wildman–Crippen MR) is 121 cm³/mol. The Morgan fingerprint density at radius 1 is 0.900 bits per heavy atom. The summed E-state index contributed by atoms with van der Waals surface area (Å²) in [5, 5.41) is 3.36. The smallest absolute Gasteiger partial charge is 0.254 e. The third-order valence-corrected chi connectivity index (χ3v) is 5.41. The fourth-order valence-electron chi connectivity index (χ4n) is 3.68. The summed E-state index contributed by atoms with van der Waals surface area (Å²) in [7, 11) is 0. The molecule has 1 saturated heterocycles. The van der Waals surface area contributed by atoms with Gasteiger partial charge in [0.2, 0.25) is 0 Å². The summed E-state index contributed by atoms with van der Waals surface area (Å²) < 4.78 is 0. The fraction of sp³-hybridized carbons (Fsp3) is 0.292. The highest BCUT2D eigenvalue weighted by atomic mass is 16.2. The van der Waals surface area contributed by atoms with Gasteiger partial charge in [0.15, 0.2) is 0 Å². The van der Waals surface area contributed by atoms with E-state index < -0.39 is 0 Å². The second-order valence-electron chi connectivity index (χ2n) is 7.74. The Labute approximate surface area is 177 Å². The second-order valence-corrected chi connectivity index (χ2v) is 7.74. The molecule has 6 heteroatoms. The van der Waals surface area contributed by atoms with Crippen molar-refractivity contribution in [3.05, 3.63) is 77.1 Å². The number of rotatable bonds is 4. The van der Waals surface area contributed by atoms with Crippen LogP contribution in [0.15, 0.2) is 54.6 Å². The highest BCUT2D eigenvalue weighted by Gasteiger charge is 2.24. The monoisotopic (exact) mass is 401 g/mol. The molecule has 2 heterocycles. The number of carbonyl (C=O) groups is 1. The van der Waals surface area contributed by atoms with Gasteiger partial charge in [0, 0.05) is 43.5 Å². The molecule has 0 radical (unpaired) electrons. The van der Waals surface area contributed by atoms with Crippen molar-refractivity contribution >= 4 is 23.2 Å². The summed E-state index contributed by atoms with van der Waals surface area (Å²) in [5.74, 6) is 2.49. The summed E-state index contributed by atoms with van der Waals surface area (Å²) in [6.45, 7) is 8.81. The first-order chi connectivity index (χ1) is 14.5. The van der Waals surface area contributed by atoms with E-state index in [9.17, 15) is 4.79 Å². The number of nitrogens with one attached hydrogen (secondary N) is 1. The Hall–Kier alpha value is -3.41. The topological polar surface area (TPSA) is 61.4 Å². The number of piperazine rings is 1. The van der Waals surface area contributed by atoms with E-state index in [2.05, 4.69) is 39.2 Å². The molecule has 1 aliphatic rings. The number of anilines is 3. The highest BCUT2D eigenvalue weighted by molar-refractivity contribution is 5.95. The summed E-state index contributed by atoms with van der Waals surface area (Å²) >= 11 is 0. The molecular weight excluding hydrogens is 374 g/mol. The summed E-state index contributed by atoms with van der Waals surface area (Å²) in [5.41, 5.74) is 4.02. The molecule has 0 aliphatic carbocycles. The Kier molecular flexibility index (Phi) is 5.65. The molecule has 1 aromatic heterocycles. The normalized spacial score (nSPS) is 14.0. The summed E-state index contributed by atoms with van der Waals surface area (Å²) in [4.78, 5) is 26.2. The van der Waals surface area contributed by atoms with Crippen LogP contribution in [0.3, 0.4) is 0 Å². The molecule has 3 aromatic rings. The third-order valence-electron chi connectivity index (χ3n) is 5.41. The molecule has 154 valence electrons. The van der Waals surface area contributed by atoms with E-state index in [0.717, 1.165) is 47.4 Å². The van der Waals surface area contributed by atoms with Gasteiger partial charge >= 0.3 is 0 Å². The van der Waals surface area contributed by atoms with E-state index in [1.165, 1.54) is 5.56 Å². The van der Waals surface area contributed by atoms with Crippen molar-refractivity contribution in [1.29, 1.82) is 0 Å². The number of aromatic nitrogens is 2. The van der Waals surface area contributed by atoms with E-state index in [1.54, 1.807) is 0 Å². The largest absolute Gasteiger partial charge is 0.353 e. The van der Waals surface area contributed by atoms with E-state index >= 15 is 0 Å². The molecule has 1 N–H and O–H groups in total. The van der Waals surface area contributed by atoms with Crippen molar-refractivity contribution in [2.24, 2.45) is 0 Å². The SMILES string of the molecule is Cc1ccc(Nc2cc(N3CCN(C(=O)c4ccccc4C)CC3)nc(C)n2)cc1. The van der Waals surface area contributed by atoms with Crippen LogP contribution in [0.25, 0.3) is 0 Å². The summed E-state index contributed by atoms with van der Waals surface area (Å²) in [6.07, 6.45) is 0. The lowest BCUT2D eigenvalue weighted by Gasteiger charge is -2.35. The van der Waals surface area contributed by atoms with Gasteiger partial charge in [-0.1, -0.05) is 35.9 Å². The zero-order valence-corrected chi connectivity index (χ0v) is 17.7. The van der Waals surface area contributed by atoms with Crippen molar-refractivity contribution in [3.8, 4) is 0 Å². The lowest BCUT2D eigenvalue weighted by molar-refractivity contribution is 0.0745. The van der Waals surface area contributed by atoms with Crippen LogP contribution < -0.4 is 10.2 Å². The minimum absolute atomic E-state index is 0.105. The highest BCUT2D eigenvalue weighted by Crippen LogP contribution is 2.22. The lowest BCUT2D eigenvalue weighted by Crippen LogP contribution is -2.49. The quantitative estimate of drug-likeness (QED) is 0.713. The van der Waals surface area contributed by atoms with Gasteiger partial charge in [-0.2, -0.15) is 0 Å². The van der Waals surface area contributed by atoms with E-state index in [0.29, 0.717) is 13.1 Å². The number of nitrogens with zero attached hydrogens (tertiary/aromatic N) is 4. The molecule has 1 aliphatic heterocycles. The van der Waals surface area contributed by atoms with Gasteiger partial charge in [-0.05, 0) is 44.5 Å². The Balaban J connectivity index is 1.44. The maximum absolute atomic E-state index is 12.9. The average molecular weight is 402 g/mol. The standard InChI is InChI=1S/C24H27N5O/c1-17-8-10-20(11-9-17)27-22-16-23(26-19(3)25-22)28-12-14-29(15-13-28)24(30)21-7-5-4-6-18(21)2/h4-11,16H,12-15H2,1-3H3,(H,25,26,27). The first-order valence-electron chi connectivity index (χ1n) is 10.3. The molecule has 0 saturated carbocycles. The maximum atomic E-state index is 12.9. The fourth-order valence-corrected chi connectivity index (χ4v) is 3.68. The molecular formula is C24H27N5O. The van der Waals surface area contributed by atoms with Crippen LogP contribution in [0.2, 0.25) is 0 Å². The minimum atomic E-state index is 0.105. The maximum Gasteiger partial charge on any atom is 0.254 e. The van der Waals surface area contributed by atoms with Crippen LogP contribution in [0.4, 0.5) is 17.3 Å². The molecule has 4 rings (SSSR count). The van der Waals surface area contributed by atoms with Gasteiger partial charge in [0.25, 0.3) is 5.91 Å². The van der Waals surface area contributed by atoms with E-state index in [4.69, 9.17) is 0 Å².